The van der Waals surface area contributed by atoms with Crippen molar-refractivity contribution in [3.8, 4) is 0 Å². The maximum absolute atomic E-state index is 13.8. The summed E-state index contributed by atoms with van der Waals surface area (Å²) >= 11 is 0. The number of piperidine rings is 1. The van der Waals surface area contributed by atoms with Crippen molar-refractivity contribution in [1.82, 2.24) is 4.90 Å². The van der Waals surface area contributed by atoms with Crippen molar-refractivity contribution in [2.45, 2.75) is 76.1 Å². The van der Waals surface area contributed by atoms with Gasteiger partial charge in [0.15, 0.2) is 0 Å². The summed E-state index contributed by atoms with van der Waals surface area (Å²) in [4.78, 5) is 38.0. The molecule has 13 heteroatoms. The van der Waals surface area contributed by atoms with Gasteiger partial charge < -0.3 is 25.3 Å². The fraction of sp³-hybridized carbons (Fsp3) is 0.517. The van der Waals surface area contributed by atoms with Gasteiger partial charge >= 0.3 is 14.0 Å². The van der Waals surface area contributed by atoms with Crippen molar-refractivity contribution in [3.05, 3.63) is 70.3 Å². The molecule has 1 aliphatic carbocycles. The summed E-state index contributed by atoms with van der Waals surface area (Å²) < 4.78 is 57.2. The van der Waals surface area contributed by atoms with Crippen LogP contribution in [0.4, 0.5) is 13.2 Å². The summed E-state index contributed by atoms with van der Waals surface area (Å²) in [5.41, 5.74) is 6.84. The Labute approximate surface area is 243 Å². The lowest BCUT2D eigenvalue weighted by molar-refractivity contribution is -0.138. The molecule has 4 N–H and O–H groups in total. The highest BCUT2D eigenvalue weighted by Gasteiger charge is 2.37. The van der Waals surface area contributed by atoms with Crippen molar-refractivity contribution >= 4 is 19.4 Å². The second-order valence-electron chi connectivity index (χ2n) is 11.2. The molecular formula is C29H37F3N3O6P. The van der Waals surface area contributed by atoms with E-state index in [0.717, 1.165) is 38.2 Å². The third-order valence-electron chi connectivity index (χ3n) is 7.87. The van der Waals surface area contributed by atoms with E-state index in [2.05, 4.69) is 9.68 Å². The van der Waals surface area contributed by atoms with Gasteiger partial charge in [0, 0.05) is 18.7 Å². The molecule has 0 aromatic heterocycles. The Hall–Kier alpha value is -2.76. The molecule has 4 rings (SSSR count). The van der Waals surface area contributed by atoms with E-state index in [1.807, 2.05) is 0 Å². The van der Waals surface area contributed by atoms with Crippen LogP contribution in [0.3, 0.4) is 0 Å². The Morgan fingerprint density at radius 1 is 1.10 bits per heavy atom. The Morgan fingerprint density at radius 3 is 2.40 bits per heavy atom. The first-order valence-corrected chi connectivity index (χ1v) is 15.5. The molecule has 0 bridgehead atoms. The largest absolute Gasteiger partial charge is 0.469 e. The number of carbonyl (C=O) groups is 1. The number of nitrogens with two attached hydrogens (primary N) is 1. The first-order valence-electron chi connectivity index (χ1n) is 14.0. The Bertz CT molecular complexity index is 1320. The first-order chi connectivity index (χ1) is 19.7. The van der Waals surface area contributed by atoms with Crippen LogP contribution < -0.4 is 5.73 Å². The average Bonchev–Trinajstić information content (AvgIpc) is 2.95. The number of oxime groups is 1. The van der Waals surface area contributed by atoms with Gasteiger partial charge in [-0.15, -0.1) is 0 Å². The molecule has 42 heavy (non-hydrogen) atoms. The molecular weight excluding hydrogens is 574 g/mol. The normalized spacial score (nSPS) is 20.9. The summed E-state index contributed by atoms with van der Waals surface area (Å²) in [5, 5.41) is 4.06. The van der Waals surface area contributed by atoms with E-state index in [1.54, 1.807) is 43.3 Å². The van der Waals surface area contributed by atoms with Crippen LogP contribution in [0, 0.1) is 0 Å². The lowest BCUT2D eigenvalue weighted by Crippen LogP contribution is -2.58. The number of phosphoric acid groups is 1. The third-order valence-corrected chi connectivity index (χ3v) is 8.33. The molecule has 1 unspecified atom stereocenters. The fourth-order valence-corrected chi connectivity index (χ4v) is 6.09. The van der Waals surface area contributed by atoms with Crippen LogP contribution in [-0.4, -0.2) is 51.5 Å². The number of carbonyl (C=O) groups excluding carboxylic acids is 1. The first kappa shape index (κ1) is 32.2. The van der Waals surface area contributed by atoms with Crippen LogP contribution >= 0.6 is 7.82 Å². The zero-order valence-electron chi connectivity index (χ0n) is 23.5. The zero-order valence-corrected chi connectivity index (χ0v) is 24.4. The van der Waals surface area contributed by atoms with Gasteiger partial charge in [-0.3, -0.25) is 9.32 Å². The third kappa shape index (κ3) is 8.64. The molecule has 230 valence electrons. The molecule has 1 amide bonds. The summed E-state index contributed by atoms with van der Waals surface area (Å²) in [6, 6.07) is 11.0. The fourth-order valence-electron chi connectivity index (χ4n) is 5.67. The van der Waals surface area contributed by atoms with E-state index in [9.17, 15) is 22.5 Å². The van der Waals surface area contributed by atoms with Gasteiger partial charge in [-0.1, -0.05) is 48.7 Å². The van der Waals surface area contributed by atoms with Crippen LogP contribution in [0.5, 0.6) is 0 Å². The molecule has 2 aromatic rings. The van der Waals surface area contributed by atoms with Gasteiger partial charge in [-0.25, -0.2) is 4.57 Å². The number of hydrogen-bond donors (Lipinski definition) is 3. The predicted molar refractivity (Wildman–Crippen MR) is 151 cm³/mol. The van der Waals surface area contributed by atoms with E-state index >= 15 is 0 Å². The van der Waals surface area contributed by atoms with Gasteiger partial charge in [0.25, 0.3) is 5.91 Å². The highest BCUT2D eigenvalue weighted by atomic mass is 31.2. The van der Waals surface area contributed by atoms with Crippen molar-refractivity contribution in [2.24, 2.45) is 10.9 Å². The summed E-state index contributed by atoms with van der Waals surface area (Å²) in [5.74, 6) is -0.356. The number of likely N-dealkylation sites (tertiary alicyclic amines) is 1. The van der Waals surface area contributed by atoms with Gasteiger partial charge in [0.05, 0.1) is 23.4 Å². The number of amides is 1. The standard InChI is InChI=1S/C29H37F3N3O6P/c1-20(34-40-17-21-8-13-25(23-6-3-2-4-7-23)26(16-21)29(30,31)32)22-9-11-24(12-10-22)27(36)35-15-5-14-28(33,18-35)19-41-42(37,38)39/h8-13,16,23H,2-7,14-15,17-19,33H2,1H3,(H2,37,38,39). The van der Waals surface area contributed by atoms with Gasteiger partial charge in [0.2, 0.25) is 0 Å². The van der Waals surface area contributed by atoms with Crippen molar-refractivity contribution < 1.29 is 41.7 Å². The maximum atomic E-state index is 13.8. The number of rotatable bonds is 9. The second kappa shape index (κ2) is 13.3. The van der Waals surface area contributed by atoms with Gasteiger partial charge in [0.1, 0.15) is 6.61 Å². The van der Waals surface area contributed by atoms with Crippen molar-refractivity contribution in [2.75, 3.05) is 19.7 Å². The molecule has 2 aromatic carbocycles. The minimum absolute atomic E-state index is 0.0740. The average molecular weight is 612 g/mol. The quantitative estimate of drug-likeness (QED) is 0.187. The highest BCUT2D eigenvalue weighted by molar-refractivity contribution is 7.46. The number of hydrogen-bond acceptors (Lipinski definition) is 6. The predicted octanol–water partition coefficient (Wildman–Crippen LogP) is 5.74. The van der Waals surface area contributed by atoms with Crippen LogP contribution in [-0.2, 0) is 26.7 Å². The van der Waals surface area contributed by atoms with E-state index in [0.29, 0.717) is 47.4 Å². The molecule has 1 heterocycles. The lowest BCUT2D eigenvalue weighted by atomic mass is 9.81. The van der Waals surface area contributed by atoms with Gasteiger partial charge in [-0.2, -0.15) is 13.2 Å². The minimum Gasteiger partial charge on any atom is -0.391 e. The van der Waals surface area contributed by atoms with Crippen LogP contribution in [0.25, 0.3) is 0 Å². The smallest absolute Gasteiger partial charge is 0.391 e. The van der Waals surface area contributed by atoms with E-state index in [1.165, 1.54) is 4.90 Å². The summed E-state index contributed by atoms with van der Waals surface area (Å²) in [6.45, 7) is 1.72. The SMILES string of the molecule is CC(=NOCc1ccc(C2CCCCC2)c(C(F)(F)F)c1)c1ccc(C(=O)N2CCCC(N)(COP(=O)(O)O)C2)cc1. The Balaban J connectivity index is 1.36. The summed E-state index contributed by atoms with van der Waals surface area (Å²) in [7, 11) is -4.68. The molecule has 1 aliphatic heterocycles. The van der Waals surface area contributed by atoms with Crippen LogP contribution in [0.15, 0.2) is 47.6 Å². The lowest BCUT2D eigenvalue weighted by Gasteiger charge is -2.40. The van der Waals surface area contributed by atoms with Crippen molar-refractivity contribution in [1.29, 1.82) is 0 Å². The molecule has 1 saturated heterocycles. The Morgan fingerprint density at radius 2 is 1.76 bits per heavy atom. The number of alkyl halides is 3. The minimum atomic E-state index is -4.68. The van der Waals surface area contributed by atoms with E-state index < -0.39 is 25.1 Å². The number of phosphoric ester groups is 1. The maximum Gasteiger partial charge on any atom is 0.469 e. The Kier molecular flexibility index (Phi) is 10.2. The van der Waals surface area contributed by atoms with Crippen LogP contribution in [0.1, 0.15) is 90.4 Å². The monoisotopic (exact) mass is 611 g/mol. The zero-order chi connectivity index (χ0) is 30.5. The number of nitrogens with zero attached hydrogens (tertiary/aromatic N) is 2. The van der Waals surface area contributed by atoms with E-state index in [4.69, 9.17) is 20.4 Å². The van der Waals surface area contributed by atoms with Crippen molar-refractivity contribution in [3.63, 3.8) is 0 Å². The summed E-state index contributed by atoms with van der Waals surface area (Å²) in [6.07, 6.45) is 1.06. The molecule has 9 nitrogen and oxygen atoms in total. The molecule has 2 aliphatic rings. The molecule has 0 spiro atoms. The molecule has 1 saturated carbocycles. The highest BCUT2D eigenvalue weighted by Crippen LogP contribution is 2.41. The number of benzene rings is 2. The molecule has 0 radical (unpaired) electrons. The topological polar surface area (TPSA) is 135 Å². The van der Waals surface area contributed by atoms with E-state index in [-0.39, 0.29) is 31.6 Å². The molecule has 2 fully saturated rings. The van der Waals surface area contributed by atoms with Gasteiger partial charge in [-0.05, 0) is 73.4 Å². The van der Waals surface area contributed by atoms with Crippen LogP contribution in [0.2, 0.25) is 0 Å². The second-order valence-corrected chi connectivity index (χ2v) is 12.5. The molecule has 1 atom stereocenters. The number of halogens is 3.